The van der Waals surface area contributed by atoms with E-state index in [0.717, 1.165) is 11.3 Å². The fraction of sp³-hybridized carbons (Fsp3) is 0.467. The number of urea groups is 1. The number of nitrogens with one attached hydrogen (secondary N) is 2. The first-order chi connectivity index (χ1) is 10.1. The molecule has 0 aromatic heterocycles. The predicted octanol–water partition coefficient (Wildman–Crippen LogP) is 1.79. The highest BCUT2D eigenvalue weighted by atomic mass is 16.5. The average molecular weight is 294 g/mol. The molecule has 0 saturated carbocycles. The second kappa shape index (κ2) is 8.84. The van der Waals surface area contributed by atoms with Crippen LogP contribution >= 0.6 is 0 Å². The molecule has 2 amide bonds. The van der Waals surface area contributed by atoms with Crippen LogP contribution in [0, 0.1) is 0 Å². The van der Waals surface area contributed by atoms with Gasteiger partial charge in [0.2, 0.25) is 0 Å². The number of carboxylic acid groups (broad SMARTS) is 1. The zero-order valence-electron chi connectivity index (χ0n) is 12.4. The third kappa shape index (κ3) is 5.72. The highest BCUT2D eigenvalue weighted by Crippen LogP contribution is 2.17. The van der Waals surface area contributed by atoms with E-state index in [1.54, 1.807) is 7.11 Å². The number of para-hydroxylation sites is 1. The van der Waals surface area contributed by atoms with Gasteiger partial charge < -0.3 is 20.5 Å². The largest absolute Gasteiger partial charge is 0.496 e. The Kier molecular flexibility index (Phi) is 7.08. The number of aliphatic carboxylic acids is 1. The molecule has 6 nitrogen and oxygen atoms in total. The summed E-state index contributed by atoms with van der Waals surface area (Å²) in [6.45, 7) is 2.28. The van der Waals surface area contributed by atoms with Gasteiger partial charge in [0.25, 0.3) is 0 Å². The summed E-state index contributed by atoms with van der Waals surface area (Å²) in [5, 5.41) is 14.1. The molecule has 1 rings (SSSR count). The van der Waals surface area contributed by atoms with Crippen molar-refractivity contribution >= 4 is 12.0 Å². The second-order valence-corrected chi connectivity index (χ2v) is 4.64. The minimum atomic E-state index is -1.02. The standard InChI is InChI=1S/C15H22N2O4/c1-3-6-12(14(18)19)17-15(20)16-10-9-11-7-4-5-8-13(11)21-2/h4-5,7-8,12H,3,6,9-10H2,1-2H3,(H,18,19)(H2,16,17,20). The fourth-order valence-corrected chi connectivity index (χ4v) is 1.98. The molecule has 0 saturated heterocycles. The van der Waals surface area contributed by atoms with Crippen LogP contribution in [0.5, 0.6) is 5.75 Å². The molecule has 21 heavy (non-hydrogen) atoms. The maximum Gasteiger partial charge on any atom is 0.326 e. The number of amides is 2. The molecule has 0 aliphatic carbocycles. The van der Waals surface area contributed by atoms with Crippen LogP contribution in [-0.2, 0) is 11.2 Å². The van der Waals surface area contributed by atoms with Crippen LogP contribution in [0.1, 0.15) is 25.3 Å². The number of carbonyl (C=O) groups is 2. The molecule has 1 atom stereocenters. The van der Waals surface area contributed by atoms with Crippen LogP contribution in [0.25, 0.3) is 0 Å². The van der Waals surface area contributed by atoms with Crippen molar-refractivity contribution in [2.24, 2.45) is 0 Å². The van der Waals surface area contributed by atoms with Gasteiger partial charge in [-0.15, -0.1) is 0 Å². The van der Waals surface area contributed by atoms with Gasteiger partial charge in [-0.3, -0.25) is 0 Å². The molecule has 1 unspecified atom stereocenters. The zero-order valence-corrected chi connectivity index (χ0v) is 12.4. The molecule has 0 aliphatic rings. The lowest BCUT2D eigenvalue weighted by molar-refractivity contribution is -0.139. The van der Waals surface area contributed by atoms with Crippen LogP contribution < -0.4 is 15.4 Å². The topological polar surface area (TPSA) is 87.7 Å². The molecule has 0 aliphatic heterocycles. The molecule has 0 radical (unpaired) electrons. The van der Waals surface area contributed by atoms with Crippen LogP contribution in [-0.4, -0.2) is 36.8 Å². The van der Waals surface area contributed by atoms with Crippen molar-refractivity contribution in [3.8, 4) is 5.75 Å². The molecule has 0 spiro atoms. The van der Waals surface area contributed by atoms with E-state index in [9.17, 15) is 9.59 Å². The van der Waals surface area contributed by atoms with E-state index >= 15 is 0 Å². The van der Waals surface area contributed by atoms with E-state index in [2.05, 4.69) is 10.6 Å². The summed E-state index contributed by atoms with van der Waals surface area (Å²) in [7, 11) is 1.60. The van der Waals surface area contributed by atoms with E-state index < -0.39 is 18.0 Å². The van der Waals surface area contributed by atoms with Crippen LogP contribution in [0.3, 0.4) is 0 Å². The first-order valence-electron chi connectivity index (χ1n) is 6.97. The number of carboxylic acids is 1. The number of ether oxygens (including phenoxy) is 1. The van der Waals surface area contributed by atoms with E-state index in [1.807, 2.05) is 31.2 Å². The molecular weight excluding hydrogens is 272 g/mol. The summed E-state index contributed by atoms with van der Waals surface area (Å²) >= 11 is 0. The van der Waals surface area contributed by atoms with Gasteiger partial charge in [-0.2, -0.15) is 0 Å². The third-order valence-electron chi connectivity index (χ3n) is 3.05. The Morgan fingerprint density at radius 1 is 1.33 bits per heavy atom. The van der Waals surface area contributed by atoms with Gasteiger partial charge >= 0.3 is 12.0 Å². The fourth-order valence-electron chi connectivity index (χ4n) is 1.98. The van der Waals surface area contributed by atoms with Crippen molar-refractivity contribution < 1.29 is 19.4 Å². The number of carbonyl (C=O) groups excluding carboxylic acids is 1. The molecule has 1 aromatic rings. The molecule has 116 valence electrons. The summed E-state index contributed by atoms with van der Waals surface area (Å²) in [4.78, 5) is 22.6. The zero-order chi connectivity index (χ0) is 15.7. The number of benzene rings is 1. The average Bonchev–Trinajstić information content (AvgIpc) is 2.47. The first kappa shape index (κ1) is 16.8. The van der Waals surface area contributed by atoms with Crippen molar-refractivity contribution in [1.82, 2.24) is 10.6 Å². The van der Waals surface area contributed by atoms with Crippen LogP contribution in [0.4, 0.5) is 4.79 Å². The molecule has 0 bridgehead atoms. The maximum atomic E-state index is 11.7. The van der Waals surface area contributed by atoms with E-state index in [4.69, 9.17) is 9.84 Å². The molecule has 0 heterocycles. The highest BCUT2D eigenvalue weighted by molar-refractivity contribution is 5.82. The molecule has 0 fully saturated rings. The Bertz CT molecular complexity index is 476. The van der Waals surface area contributed by atoms with Gasteiger partial charge in [0.05, 0.1) is 7.11 Å². The summed E-state index contributed by atoms with van der Waals surface area (Å²) in [5.41, 5.74) is 0.989. The van der Waals surface area contributed by atoms with Crippen molar-refractivity contribution in [2.75, 3.05) is 13.7 Å². The summed E-state index contributed by atoms with van der Waals surface area (Å²) < 4.78 is 5.22. The van der Waals surface area contributed by atoms with E-state index in [-0.39, 0.29) is 0 Å². The molecule has 1 aromatic carbocycles. The minimum absolute atomic E-state index is 0.407. The molecule has 3 N–H and O–H groups in total. The van der Waals surface area contributed by atoms with Gasteiger partial charge in [0.1, 0.15) is 11.8 Å². The van der Waals surface area contributed by atoms with Crippen LogP contribution in [0.2, 0.25) is 0 Å². The summed E-state index contributed by atoms with van der Waals surface area (Å²) in [5.74, 6) is -0.245. The Hall–Kier alpha value is -2.24. The van der Waals surface area contributed by atoms with Crippen LogP contribution in [0.15, 0.2) is 24.3 Å². The van der Waals surface area contributed by atoms with Crippen molar-refractivity contribution in [3.05, 3.63) is 29.8 Å². The first-order valence-corrected chi connectivity index (χ1v) is 6.97. The lowest BCUT2D eigenvalue weighted by Gasteiger charge is -2.14. The quantitative estimate of drug-likeness (QED) is 0.682. The lowest BCUT2D eigenvalue weighted by atomic mass is 10.1. The second-order valence-electron chi connectivity index (χ2n) is 4.64. The normalized spacial score (nSPS) is 11.5. The van der Waals surface area contributed by atoms with Crippen molar-refractivity contribution in [2.45, 2.75) is 32.2 Å². The number of hydrogen-bond donors (Lipinski definition) is 3. The summed E-state index contributed by atoms with van der Waals surface area (Å²) in [6.07, 6.45) is 1.72. The third-order valence-corrected chi connectivity index (χ3v) is 3.05. The number of rotatable bonds is 8. The van der Waals surface area contributed by atoms with Gasteiger partial charge in [0, 0.05) is 6.54 Å². The van der Waals surface area contributed by atoms with Crippen molar-refractivity contribution in [1.29, 1.82) is 0 Å². The van der Waals surface area contributed by atoms with E-state index in [1.165, 1.54) is 0 Å². The van der Waals surface area contributed by atoms with Gasteiger partial charge in [-0.05, 0) is 24.5 Å². The Morgan fingerprint density at radius 3 is 2.67 bits per heavy atom. The molecular formula is C15H22N2O4. The Balaban J connectivity index is 2.41. The smallest absolute Gasteiger partial charge is 0.326 e. The predicted molar refractivity (Wildman–Crippen MR) is 79.6 cm³/mol. The Labute approximate surface area is 124 Å². The Morgan fingerprint density at radius 2 is 2.05 bits per heavy atom. The SMILES string of the molecule is CCCC(NC(=O)NCCc1ccccc1OC)C(=O)O. The highest BCUT2D eigenvalue weighted by Gasteiger charge is 2.18. The minimum Gasteiger partial charge on any atom is -0.496 e. The van der Waals surface area contributed by atoms with Crippen molar-refractivity contribution in [3.63, 3.8) is 0 Å². The number of methoxy groups -OCH3 is 1. The monoisotopic (exact) mass is 294 g/mol. The van der Waals surface area contributed by atoms with Gasteiger partial charge in [-0.25, -0.2) is 9.59 Å². The lowest BCUT2D eigenvalue weighted by Crippen LogP contribution is -2.46. The summed E-state index contributed by atoms with van der Waals surface area (Å²) in [6, 6.07) is 6.25. The van der Waals surface area contributed by atoms with Gasteiger partial charge in [-0.1, -0.05) is 31.5 Å². The maximum absolute atomic E-state index is 11.7. The van der Waals surface area contributed by atoms with E-state index in [0.29, 0.717) is 25.8 Å². The molecule has 6 heteroatoms. The number of hydrogen-bond acceptors (Lipinski definition) is 3. The van der Waals surface area contributed by atoms with Gasteiger partial charge in [0.15, 0.2) is 0 Å².